The van der Waals surface area contributed by atoms with E-state index in [1.54, 1.807) is 12.1 Å². The molecule has 0 unspecified atom stereocenters. The molecule has 3 rings (SSSR count). The normalized spacial score (nSPS) is 11.5. The summed E-state index contributed by atoms with van der Waals surface area (Å²) >= 11 is 3.41. The fraction of sp³-hybridized carbons (Fsp3) is 0.231. The van der Waals surface area contributed by atoms with Crippen molar-refractivity contribution in [2.45, 2.75) is 25.9 Å². The molecule has 1 atom stereocenters. The van der Waals surface area contributed by atoms with Gasteiger partial charge in [-0.2, -0.15) is 0 Å². The topological polar surface area (TPSA) is 58.6 Å². The summed E-state index contributed by atoms with van der Waals surface area (Å²) in [5, 5.41) is 2.84. The van der Waals surface area contributed by atoms with Crippen molar-refractivity contribution in [1.82, 2.24) is 10.2 Å². The number of hydrogen-bond acceptors (Lipinski definition) is 3. The predicted molar refractivity (Wildman–Crippen MR) is 129 cm³/mol. The number of carbonyl (C=O) groups is 2. The largest absolute Gasteiger partial charge is 0.481 e. The number of nitrogens with one attached hydrogen (secondary N) is 1. The van der Waals surface area contributed by atoms with Crippen molar-refractivity contribution in [2.24, 2.45) is 0 Å². The van der Waals surface area contributed by atoms with E-state index in [0.29, 0.717) is 13.0 Å². The lowest BCUT2D eigenvalue weighted by Gasteiger charge is -2.31. The Kier molecular flexibility index (Phi) is 9.01. The second-order valence-corrected chi connectivity index (χ2v) is 8.38. The van der Waals surface area contributed by atoms with Gasteiger partial charge in [0.1, 0.15) is 6.04 Å². The average molecular weight is 513 g/mol. The third-order valence-electron chi connectivity index (χ3n) is 5.08. The molecule has 0 saturated carbocycles. The molecule has 0 aliphatic rings. The minimum atomic E-state index is -0.757. The molecule has 0 heterocycles. The van der Waals surface area contributed by atoms with Gasteiger partial charge >= 0.3 is 0 Å². The summed E-state index contributed by atoms with van der Waals surface area (Å²) in [4.78, 5) is 27.9. The molecule has 0 aromatic heterocycles. The van der Waals surface area contributed by atoms with Crippen LogP contribution in [0, 0.1) is 5.82 Å². The number of carbonyl (C=O) groups excluding carboxylic acids is 2. The number of likely N-dealkylation sites (N-methyl/N-ethyl adjacent to an activating group) is 1. The van der Waals surface area contributed by atoms with E-state index in [4.69, 9.17) is 4.74 Å². The van der Waals surface area contributed by atoms with Gasteiger partial charge in [-0.05, 0) is 42.3 Å². The number of benzene rings is 3. The zero-order valence-electron chi connectivity index (χ0n) is 18.3. The fourth-order valence-corrected chi connectivity index (χ4v) is 3.68. The molecule has 0 radical (unpaired) electrons. The van der Waals surface area contributed by atoms with E-state index in [1.807, 2.05) is 61.5 Å². The molecule has 7 heteroatoms. The van der Waals surface area contributed by atoms with Gasteiger partial charge in [-0.15, -0.1) is 0 Å². The Morgan fingerprint density at radius 1 is 0.970 bits per heavy atom. The quantitative estimate of drug-likeness (QED) is 0.426. The molecule has 5 nitrogen and oxygen atoms in total. The van der Waals surface area contributed by atoms with Crippen LogP contribution >= 0.6 is 15.9 Å². The fourth-order valence-electron chi connectivity index (χ4n) is 3.42. The third-order valence-corrected chi connectivity index (χ3v) is 5.60. The van der Waals surface area contributed by atoms with Gasteiger partial charge in [-0.1, -0.05) is 70.5 Å². The summed E-state index contributed by atoms with van der Waals surface area (Å²) in [7, 11) is 0. The van der Waals surface area contributed by atoms with Crippen molar-refractivity contribution in [1.29, 1.82) is 0 Å². The zero-order valence-corrected chi connectivity index (χ0v) is 19.9. The molecule has 0 spiro atoms. The zero-order chi connectivity index (χ0) is 23.6. The van der Waals surface area contributed by atoms with Crippen molar-refractivity contribution in [3.05, 3.63) is 100 Å². The number of ether oxygens (including phenoxy) is 1. The van der Waals surface area contributed by atoms with Crippen LogP contribution in [0.25, 0.3) is 0 Å². The lowest BCUT2D eigenvalue weighted by atomic mass is 10.0. The highest BCUT2D eigenvalue weighted by Crippen LogP contribution is 2.19. The number of nitrogens with zero attached hydrogens (tertiary/aromatic N) is 1. The number of hydrogen-bond donors (Lipinski definition) is 1. The Hall–Kier alpha value is -3.19. The number of halogens is 2. The van der Waals surface area contributed by atoms with Crippen LogP contribution in [0.5, 0.6) is 5.75 Å². The van der Waals surface area contributed by atoms with E-state index >= 15 is 0 Å². The molecule has 33 heavy (non-hydrogen) atoms. The first-order chi connectivity index (χ1) is 16.0. The minimum Gasteiger partial charge on any atom is -0.481 e. The Labute approximate surface area is 201 Å². The SMILES string of the molecule is CCNC(=O)[C@@H](Cc1ccccc1)N(Cc1ccc(Br)cc1)C(=O)COc1ccccc1F. The van der Waals surface area contributed by atoms with Crippen molar-refractivity contribution < 1.29 is 18.7 Å². The Morgan fingerprint density at radius 3 is 2.30 bits per heavy atom. The van der Waals surface area contributed by atoms with Gasteiger partial charge in [-0.3, -0.25) is 9.59 Å². The number of para-hydroxylation sites is 1. The van der Waals surface area contributed by atoms with Gasteiger partial charge in [0.05, 0.1) is 0 Å². The molecule has 1 N–H and O–H groups in total. The standard InChI is InChI=1S/C26H26BrFN2O3/c1-2-29-26(32)23(16-19-8-4-3-5-9-19)30(17-20-12-14-21(27)15-13-20)25(31)18-33-24-11-7-6-10-22(24)28/h3-15,23H,2,16-18H2,1H3,(H,29,32)/t23-/m1/s1. The van der Waals surface area contributed by atoms with E-state index in [2.05, 4.69) is 21.2 Å². The van der Waals surface area contributed by atoms with Gasteiger partial charge in [-0.25, -0.2) is 4.39 Å². The highest BCUT2D eigenvalue weighted by atomic mass is 79.9. The van der Waals surface area contributed by atoms with Crippen LogP contribution in [0.3, 0.4) is 0 Å². The lowest BCUT2D eigenvalue weighted by Crippen LogP contribution is -2.51. The van der Waals surface area contributed by atoms with Gasteiger partial charge in [0, 0.05) is 24.0 Å². The van der Waals surface area contributed by atoms with Crippen LogP contribution in [-0.2, 0) is 22.6 Å². The maximum absolute atomic E-state index is 14.0. The van der Waals surface area contributed by atoms with Crippen LogP contribution < -0.4 is 10.1 Å². The second-order valence-electron chi connectivity index (χ2n) is 7.47. The first-order valence-electron chi connectivity index (χ1n) is 10.7. The number of rotatable bonds is 10. The summed E-state index contributed by atoms with van der Waals surface area (Å²) in [6.07, 6.45) is 0.342. The van der Waals surface area contributed by atoms with Crippen LogP contribution in [0.4, 0.5) is 4.39 Å². The maximum Gasteiger partial charge on any atom is 0.261 e. The van der Waals surface area contributed by atoms with Crippen molar-refractivity contribution in [3.63, 3.8) is 0 Å². The smallest absolute Gasteiger partial charge is 0.261 e. The van der Waals surface area contributed by atoms with Gasteiger partial charge < -0.3 is 15.0 Å². The Balaban J connectivity index is 1.89. The van der Waals surface area contributed by atoms with Crippen molar-refractivity contribution in [3.8, 4) is 5.75 Å². The van der Waals surface area contributed by atoms with Crippen LogP contribution in [0.15, 0.2) is 83.3 Å². The van der Waals surface area contributed by atoms with Gasteiger partial charge in [0.25, 0.3) is 5.91 Å². The van der Waals surface area contributed by atoms with Gasteiger partial charge in [0.2, 0.25) is 5.91 Å². The van der Waals surface area contributed by atoms with Crippen molar-refractivity contribution >= 4 is 27.7 Å². The predicted octanol–water partition coefficient (Wildman–Crippen LogP) is 4.74. The molecule has 0 bridgehead atoms. The lowest BCUT2D eigenvalue weighted by molar-refractivity contribution is -0.142. The Morgan fingerprint density at radius 2 is 1.64 bits per heavy atom. The van der Waals surface area contributed by atoms with E-state index in [0.717, 1.165) is 15.6 Å². The second kappa shape index (κ2) is 12.2. The molecule has 3 aromatic carbocycles. The van der Waals surface area contributed by atoms with Crippen LogP contribution in [-0.4, -0.2) is 35.9 Å². The summed E-state index contributed by atoms with van der Waals surface area (Å²) in [6.45, 7) is 2.10. The molecule has 0 aliphatic heterocycles. The molecule has 0 fully saturated rings. The summed E-state index contributed by atoms with van der Waals surface area (Å²) in [5.74, 6) is -1.22. The average Bonchev–Trinajstić information content (AvgIpc) is 2.82. The summed E-state index contributed by atoms with van der Waals surface area (Å²) < 4.78 is 20.4. The minimum absolute atomic E-state index is 0.00735. The maximum atomic E-state index is 14.0. The third kappa shape index (κ3) is 7.15. The first kappa shape index (κ1) is 24.5. The summed E-state index contributed by atoms with van der Waals surface area (Å²) in [6, 6.07) is 22.2. The highest BCUT2D eigenvalue weighted by Gasteiger charge is 2.30. The van der Waals surface area contributed by atoms with Gasteiger partial charge in [0.15, 0.2) is 18.2 Å². The molecular weight excluding hydrogens is 487 g/mol. The van der Waals surface area contributed by atoms with E-state index in [9.17, 15) is 14.0 Å². The molecule has 172 valence electrons. The molecule has 3 aromatic rings. The first-order valence-corrected chi connectivity index (χ1v) is 11.5. The van der Waals surface area contributed by atoms with Crippen LogP contribution in [0.2, 0.25) is 0 Å². The molecule has 0 saturated heterocycles. The monoisotopic (exact) mass is 512 g/mol. The van der Waals surface area contributed by atoms with E-state index < -0.39 is 17.8 Å². The molecule has 0 aliphatic carbocycles. The number of amides is 2. The van der Waals surface area contributed by atoms with E-state index in [1.165, 1.54) is 17.0 Å². The van der Waals surface area contributed by atoms with Crippen LogP contribution in [0.1, 0.15) is 18.1 Å². The summed E-state index contributed by atoms with van der Waals surface area (Å²) in [5.41, 5.74) is 1.79. The van der Waals surface area contributed by atoms with E-state index in [-0.39, 0.29) is 24.8 Å². The molecular formula is C26H26BrFN2O3. The highest BCUT2D eigenvalue weighted by molar-refractivity contribution is 9.10. The molecule has 2 amide bonds. The Bertz CT molecular complexity index is 1060. The van der Waals surface area contributed by atoms with Crippen molar-refractivity contribution in [2.75, 3.05) is 13.2 Å².